The Hall–Kier alpha value is -8.18. The number of hydrogen-bond donors (Lipinski definition) is 0. The van der Waals surface area contributed by atoms with Crippen LogP contribution in [0.5, 0.6) is 0 Å². The highest BCUT2D eigenvalue weighted by Crippen LogP contribution is 2.52. The molecule has 4 nitrogen and oxygen atoms in total. The van der Waals surface area contributed by atoms with Crippen molar-refractivity contribution in [2.24, 2.45) is 0 Å². The van der Waals surface area contributed by atoms with E-state index in [1.54, 1.807) is 0 Å². The van der Waals surface area contributed by atoms with Crippen molar-refractivity contribution in [1.82, 2.24) is 0 Å². The van der Waals surface area contributed by atoms with Gasteiger partial charge in [-0.15, -0.1) is 0 Å². The maximum absolute atomic E-state index is 9.81. The minimum Gasteiger partial charge on any atom is -0.310 e. The van der Waals surface area contributed by atoms with Gasteiger partial charge in [0.1, 0.15) is 0 Å². The number of nitrogens with zero attached hydrogens (tertiary/aromatic N) is 4. The Morgan fingerprint density at radius 3 is 0.935 bits per heavy atom. The zero-order chi connectivity index (χ0) is 42.5. The predicted molar refractivity (Wildman–Crippen MR) is 259 cm³/mol. The minimum atomic E-state index is 0.622. The monoisotopic (exact) mass is 794 g/mol. The van der Waals surface area contributed by atoms with Gasteiger partial charge < -0.3 is 9.80 Å². The predicted octanol–water partition coefficient (Wildman–Crippen LogP) is 15.8. The first-order chi connectivity index (χ1) is 30.3. The molecule has 0 atom stereocenters. The summed E-state index contributed by atoms with van der Waals surface area (Å²) in [4.78, 5) is 4.79. The highest BCUT2D eigenvalue weighted by atomic mass is 15.1. The van der Waals surface area contributed by atoms with Crippen molar-refractivity contribution in [2.45, 2.75) is 27.7 Å². The third-order valence-electron chi connectivity index (χ3n) is 12.0. The molecule has 0 fully saturated rings. The van der Waals surface area contributed by atoms with E-state index in [1.165, 1.54) is 22.3 Å². The topological polar surface area (TPSA) is 54.1 Å². The van der Waals surface area contributed by atoms with Crippen molar-refractivity contribution < 1.29 is 0 Å². The first-order valence-corrected chi connectivity index (χ1v) is 20.9. The van der Waals surface area contributed by atoms with Crippen molar-refractivity contribution >= 4 is 66.4 Å². The molecule has 0 saturated carbocycles. The summed E-state index contributed by atoms with van der Waals surface area (Å²) in [5.74, 6) is 0. The molecule has 0 saturated heterocycles. The fourth-order valence-electron chi connectivity index (χ4n) is 9.17. The van der Waals surface area contributed by atoms with E-state index in [0.29, 0.717) is 11.1 Å². The van der Waals surface area contributed by atoms with Crippen molar-refractivity contribution in [3.8, 4) is 34.4 Å². The van der Waals surface area contributed by atoms with E-state index >= 15 is 0 Å². The maximum Gasteiger partial charge on any atom is 0.0991 e. The van der Waals surface area contributed by atoms with Crippen LogP contribution in [0.1, 0.15) is 33.4 Å². The van der Waals surface area contributed by atoms with Gasteiger partial charge in [-0.1, -0.05) is 97.1 Å². The lowest BCUT2D eigenvalue weighted by Gasteiger charge is -2.31. The second kappa shape index (κ2) is 15.4. The van der Waals surface area contributed by atoms with E-state index in [1.807, 2.05) is 24.3 Å². The summed E-state index contributed by atoms with van der Waals surface area (Å²) < 4.78 is 0. The summed E-state index contributed by atoms with van der Waals surface area (Å²) in [6, 6.07) is 69.3. The van der Waals surface area contributed by atoms with E-state index in [0.717, 1.165) is 88.7 Å². The van der Waals surface area contributed by atoms with Gasteiger partial charge in [-0.2, -0.15) is 10.5 Å². The van der Waals surface area contributed by atoms with E-state index < -0.39 is 0 Å². The molecule has 0 heterocycles. The van der Waals surface area contributed by atoms with Gasteiger partial charge in [0, 0.05) is 44.3 Å². The molecule has 0 aliphatic heterocycles. The van der Waals surface area contributed by atoms with Gasteiger partial charge in [-0.25, -0.2) is 0 Å². The normalized spacial score (nSPS) is 11.2. The number of hydrogen-bond acceptors (Lipinski definition) is 4. The van der Waals surface area contributed by atoms with Crippen molar-refractivity contribution in [3.05, 3.63) is 215 Å². The standard InChI is InChI=1S/C58H42N4/c1-37-9-5-13-45(29-37)61(46-14-6-10-38(2)30-46)55-33-53(43-21-17-41(35-59)18-22-43)49-26-28-52-56(62(47-15-7-11-39(3)31-47)48-16-8-12-40(4)32-48)34-54(44-23-19-42(36-60)20-24-44)50-25-27-51(55)57(49)58(50)52/h5-34H,1-4H3. The Kier molecular flexibility index (Phi) is 9.48. The first kappa shape index (κ1) is 38.0. The molecular formula is C58H42N4. The summed E-state index contributed by atoms with van der Waals surface area (Å²) >= 11 is 0. The Morgan fingerprint density at radius 2 is 0.645 bits per heavy atom. The zero-order valence-electron chi connectivity index (χ0n) is 35.1. The highest BCUT2D eigenvalue weighted by molar-refractivity contribution is 6.32. The van der Waals surface area contributed by atoms with Crippen LogP contribution in [-0.2, 0) is 0 Å². The second-order valence-corrected chi connectivity index (χ2v) is 16.4. The largest absolute Gasteiger partial charge is 0.310 e. The van der Waals surface area contributed by atoms with Gasteiger partial charge in [0.05, 0.1) is 34.6 Å². The third kappa shape index (κ3) is 6.65. The molecule has 4 heteroatoms. The minimum absolute atomic E-state index is 0.622. The van der Waals surface area contributed by atoms with Crippen LogP contribution in [0.3, 0.4) is 0 Å². The summed E-state index contributed by atoms with van der Waals surface area (Å²) in [7, 11) is 0. The van der Waals surface area contributed by atoms with Crippen LogP contribution in [-0.4, -0.2) is 0 Å². The quantitative estimate of drug-likeness (QED) is 0.144. The van der Waals surface area contributed by atoms with Crippen LogP contribution in [0.4, 0.5) is 34.1 Å². The highest BCUT2D eigenvalue weighted by Gasteiger charge is 2.26. The summed E-state index contributed by atoms with van der Waals surface area (Å²) in [5.41, 5.74) is 16.6. The van der Waals surface area contributed by atoms with Crippen molar-refractivity contribution in [1.29, 1.82) is 10.5 Å². The smallest absolute Gasteiger partial charge is 0.0991 e. The second-order valence-electron chi connectivity index (χ2n) is 16.4. The van der Waals surface area contributed by atoms with Crippen LogP contribution >= 0.6 is 0 Å². The molecular weight excluding hydrogens is 753 g/mol. The van der Waals surface area contributed by atoms with Gasteiger partial charge in [0.25, 0.3) is 0 Å². The van der Waals surface area contributed by atoms with Crippen molar-refractivity contribution in [3.63, 3.8) is 0 Å². The molecule has 294 valence electrons. The molecule has 0 bridgehead atoms. The first-order valence-electron chi connectivity index (χ1n) is 20.9. The number of anilines is 6. The van der Waals surface area contributed by atoms with Crippen LogP contribution < -0.4 is 9.80 Å². The average molecular weight is 795 g/mol. The lowest BCUT2D eigenvalue weighted by molar-refractivity contribution is 1.27. The maximum atomic E-state index is 9.81. The van der Waals surface area contributed by atoms with Gasteiger partial charge in [0.2, 0.25) is 0 Å². The van der Waals surface area contributed by atoms with Crippen LogP contribution in [0.2, 0.25) is 0 Å². The summed E-state index contributed by atoms with van der Waals surface area (Å²) in [6.07, 6.45) is 0. The van der Waals surface area contributed by atoms with Crippen molar-refractivity contribution in [2.75, 3.05) is 9.80 Å². The molecule has 0 N–H and O–H groups in total. The van der Waals surface area contributed by atoms with Crippen LogP contribution in [0.25, 0.3) is 54.6 Å². The summed E-state index contributed by atoms with van der Waals surface area (Å²) in [5, 5.41) is 26.4. The Labute approximate surface area is 362 Å². The van der Waals surface area contributed by atoms with Crippen LogP contribution in [0.15, 0.2) is 182 Å². The van der Waals surface area contributed by atoms with E-state index in [2.05, 4.69) is 207 Å². The number of nitriles is 2. The Bertz CT molecular complexity index is 3100. The van der Waals surface area contributed by atoms with Gasteiger partial charge in [0.15, 0.2) is 0 Å². The fraction of sp³-hybridized carbons (Fsp3) is 0.0690. The molecule has 0 amide bonds. The van der Waals surface area contributed by atoms with E-state index in [-0.39, 0.29) is 0 Å². The third-order valence-corrected chi connectivity index (χ3v) is 12.0. The van der Waals surface area contributed by atoms with E-state index in [4.69, 9.17) is 0 Å². The molecule has 62 heavy (non-hydrogen) atoms. The fourth-order valence-corrected chi connectivity index (χ4v) is 9.17. The molecule has 0 aliphatic rings. The molecule has 0 aromatic heterocycles. The van der Waals surface area contributed by atoms with Crippen LogP contribution in [0, 0.1) is 50.4 Å². The van der Waals surface area contributed by atoms with Gasteiger partial charge in [-0.05, 0) is 168 Å². The van der Waals surface area contributed by atoms with E-state index in [9.17, 15) is 10.5 Å². The number of aryl methyl sites for hydroxylation is 4. The molecule has 0 aliphatic carbocycles. The number of benzene rings is 10. The SMILES string of the molecule is Cc1cccc(N(c2cccc(C)c2)c2cc(-c3ccc(C#N)cc3)c3ccc4c(N(c5cccc(C)c5)c5cccc(C)c5)cc(-c5ccc(C#N)cc5)c5ccc2c3c54)c1. The lowest BCUT2D eigenvalue weighted by Crippen LogP contribution is -2.12. The molecule has 0 spiro atoms. The lowest BCUT2D eigenvalue weighted by atomic mass is 9.85. The molecule has 0 unspecified atom stereocenters. The Balaban J connectivity index is 1.39. The zero-order valence-corrected chi connectivity index (χ0v) is 35.1. The molecule has 10 rings (SSSR count). The molecule has 0 radical (unpaired) electrons. The van der Waals surface area contributed by atoms with Gasteiger partial charge in [-0.3, -0.25) is 0 Å². The Morgan fingerprint density at radius 1 is 0.339 bits per heavy atom. The number of rotatable bonds is 8. The molecule has 10 aromatic rings. The average Bonchev–Trinajstić information content (AvgIpc) is 3.29. The van der Waals surface area contributed by atoms with Gasteiger partial charge >= 0.3 is 0 Å². The molecule has 10 aromatic carbocycles. The summed E-state index contributed by atoms with van der Waals surface area (Å²) in [6.45, 7) is 8.57.